The largest absolute Gasteiger partial charge is 0.310 e. The van der Waals surface area contributed by atoms with E-state index >= 15 is 0 Å². The molecular weight excluding hydrogens is 564 g/mol. The Morgan fingerprint density at radius 2 is 1.07 bits per heavy atom. The zero-order chi connectivity index (χ0) is 27.8. The predicted molar refractivity (Wildman–Crippen MR) is 172 cm³/mol. The van der Waals surface area contributed by atoms with Crippen molar-refractivity contribution in [3.63, 3.8) is 0 Å². The van der Waals surface area contributed by atoms with Crippen LogP contribution >= 0.6 is 15.9 Å². The van der Waals surface area contributed by atoms with Gasteiger partial charge >= 0.3 is 0 Å². The highest BCUT2D eigenvalue weighted by Crippen LogP contribution is 2.57. The molecule has 0 aromatic heterocycles. The van der Waals surface area contributed by atoms with Crippen LogP contribution in [0.25, 0.3) is 16.0 Å². The van der Waals surface area contributed by atoms with Crippen LogP contribution in [-0.4, -0.2) is 0 Å². The first kappa shape index (κ1) is 25.1. The average Bonchev–Trinajstić information content (AvgIpc) is 3.04. The molecule has 1 heterocycles. The number of para-hydroxylation sites is 3. The first-order chi connectivity index (χ1) is 20.2. The van der Waals surface area contributed by atoms with Gasteiger partial charge in [0.1, 0.15) is 0 Å². The van der Waals surface area contributed by atoms with Crippen LogP contribution in [0.3, 0.4) is 0 Å². The van der Waals surface area contributed by atoms with E-state index in [9.17, 15) is 0 Å². The summed E-state index contributed by atoms with van der Waals surface area (Å²) in [5.41, 5.74) is 10.2. The first-order valence-electron chi connectivity index (χ1n) is 13.6. The quantitative estimate of drug-likeness (QED) is 0.185. The van der Waals surface area contributed by atoms with E-state index in [4.69, 9.17) is 6.57 Å². The van der Waals surface area contributed by atoms with E-state index < -0.39 is 5.41 Å². The van der Waals surface area contributed by atoms with Gasteiger partial charge in [-0.3, -0.25) is 0 Å². The maximum atomic E-state index is 7.74. The van der Waals surface area contributed by atoms with Crippen LogP contribution in [0, 0.1) is 6.57 Å². The molecule has 0 bridgehead atoms. The van der Waals surface area contributed by atoms with Crippen LogP contribution in [0.4, 0.5) is 22.7 Å². The third-order valence-corrected chi connectivity index (χ3v) is 8.45. The van der Waals surface area contributed by atoms with E-state index in [2.05, 4.69) is 153 Å². The minimum Gasteiger partial charge on any atom is -0.310 e. The van der Waals surface area contributed by atoms with Crippen LogP contribution in [0.5, 0.6) is 0 Å². The summed E-state index contributed by atoms with van der Waals surface area (Å²) in [7, 11) is 0. The summed E-state index contributed by atoms with van der Waals surface area (Å²) in [5.74, 6) is 0. The van der Waals surface area contributed by atoms with Crippen molar-refractivity contribution in [3.8, 4) is 11.1 Å². The maximum absolute atomic E-state index is 7.74. The van der Waals surface area contributed by atoms with Crippen LogP contribution < -0.4 is 4.90 Å². The fourth-order valence-corrected chi connectivity index (χ4v) is 6.84. The topological polar surface area (TPSA) is 7.60 Å². The summed E-state index contributed by atoms with van der Waals surface area (Å²) >= 11 is 3.80. The SMILES string of the molecule is [C-]#[N+]c1ccccc1-c1cc(Br)cc(N2c3ccccc3C(c3ccccc3)(c3ccccc3)c3ccccc32)c1. The molecule has 41 heavy (non-hydrogen) atoms. The molecule has 1 aliphatic heterocycles. The Labute approximate surface area is 249 Å². The molecule has 2 nitrogen and oxygen atoms in total. The van der Waals surface area contributed by atoms with Crippen molar-refractivity contribution in [1.82, 2.24) is 0 Å². The zero-order valence-electron chi connectivity index (χ0n) is 22.2. The van der Waals surface area contributed by atoms with Crippen molar-refractivity contribution >= 4 is 38.7 Å². The van der Waals surface area contributed by atoms with E-state index in [0.717, 1.165) is 32.7 Å². The van der Waals surface area contributed by atoms with Crippen molar-refractivity contribution in [3.05, 3.63) is 190 Å². The number of nitrogens with zero attached hydrogens (tertiary/aromatic N) is 2. The van der Waals surface area contributed by atoms with Crippen LogP contribution in [0.15, 0.2) is 156 Å². The van der Waals surface area contributed by atoms with Gasteiger partial charge in [0.25, 0.3) is 0 Å². The number of rotatable bonds is 4. The molecule has 3 heteroatoms. The number of fused-ring (bicyclic) bond motifs is 2. The molecule has 0 amide bonds. The van der Waals surface area contributed by atoms with Crippen LogP contribution in [0.2, 0.25) is 0 Å². The summed E-state index contributed by atoms with van der Waals surface area (Å²) in [6.07, 6.45) is 0. The first-order valence-corrected chi connectivity index (χ1v) is 14.4. The Bertz CT molecular complexity index is 1830. The fourth-order valence-electron chi connectivity index (χ4n) is 6.36. The predicted octanol–water partition coefficient (Wildman–Crippen LogP) is 10.8. The average molecular weight is 590 g/mol. The van der Waals surface area contributed by atoms with Gasteiger partial charge in [-0.05, 0) is 63.7 Å². The van der Waals surface area contributed by atoms with Gasteiger partial charge in [-0.15, -0.1) is 0 Å². The Morgan fingerprint density at radius 3 is 1.66 bits per heavy atom. The molecule has 0 unspecified atom stereocenters. The summed E-state index contributed by atoms with van der Waals surface area (Å²) in [4.78, 5) is 6.16. The summed E-state index contributed by atoms with van der Waals surface area (Å²) < 4.78 is 0.961. The molecular formula is C38H25BrN2. The van der Waals surface area contributed by atoms with Crippen molar-refractivity contribution in [2.45, 2.75) is 5.41 Å². The molecule has 7 rings (SSSR count). The van der Waals surface area contributed by atoms with Crippen LogP contribution in [-0.2, 0) is 5.41 Å². The Hall–Kier alpha value is -4.91. The van der Waals surface area contributed by atoms with Crippen LogP contribution in [0.1, 0.15) is 22.3 Å². The minimum absolute atomic E-state index is 0.502. The van der Waals surface area contributed by atoms with Gasteiger partial charge in [-0.2, -0.15) is 0 Å². The highest BCUT2D eigenvalue weighted by molar-refractivity contribution is 9.10. The Balaban J connectivity index is 1.55. The van der Waals surface area contributed by atoms with Gasteiger partial charge in [-0.1, -0.05) is 137 Å². The monoisotopic (exact) mass is 588 g/mol. The smallest absolute Gasteiger partial charge is 0.194 e. The second kappa shape index (κ2) is 10.2. The summed E-state index contributed by atoms with van der Waals surface area (Å²) in [6, 6.07) is 53.4. The van der Waals surface area contributed by atoms with Crippen molar-refractivity contribution < 1.29 is 0 Å². The number of halogens is 1. The molecule has 0 spiro atoms. The Morgan fingerprint density at radius 1 is 0.561 bits per heavy atom. The van der Waals surface area contributed by atoms with Gasteiger partial charge in [0.2, 0.25) is 0 Å². The third-order valence-electron chi connectivity index (χ3n) is 7.99. The van der Waals surface area contributed by atoms with Gasteiger partial charge in [0, 0.05) is 10.2 Å². The molecule has 1 aliphatic rings. The number of hydrogen-bond acceptors (Lipinski definition) is 1. The van der Waals surface area contributed by atoms with E-state index in [1.54, 1.807) is 0 Å². The molecule has 0 saturated carbocycles. The highest BCUT2D eigenvalue weighted by Gasteiger charge is 2.46. The van der Waals surface area contributed by atoms with Crippen molar-refractivity contribution in [2.75, 3.05) is 4.90 Å². The summed E-state index contributed by atoms with van der Waals surface area (Å²) in [6.45, 7) is 7.74. The van der Waals surface area contributed by atoms with Gasteiger partial charge in [0.15, 0.2) is 5.69 Å². The normalized spacial score (nSPS) is 13.1. The van der Waals surface area contributed by atoms with Crippen molar-refractivity contribution in [1.29, 1.82) is 0 Å². The number of anilines is 3. The second-order valence-electron chi connectivity index (χ2n) is 10.2. The minimum atomic E-state index is -0.502. The molecule has 0 saturated heterocycles. The Kier molecular flexibility index (Phi) is 6.27. The van der Waals surface area contributed by atoms with E-state index in [0.29, 0.717) is 5.69 Å². The second-order valence-corrected chi connectivity index (χ2v) is 11.1. The zero-order valence-corrected chi connectivity index (χ0v) is 23.8. The lowest BCUT2D eigenvalue weighted by molar-refractivity contribution is 0.731. The standard InChI is InChI=1S/C38H25BrN2/c1-40-35-21-11-8-18-32(35)27-24-30(39)26-31(25-27)41-36-22-12-9-19-33(36)38(28-14-4-2-5-15-28,29-16-6-3-7-17-29)34-20-10-13-23-37(34)41/h2-26H. The molecule has 0 fully saturated rings. The molecule has 6 aromatic carbocycles. The van der Waals surface area contributed by atoms with Crippen molar-refractivity contribution in [2.24, 2.45) is 0 Å². The lowest BCUT2D eigenvalue weighted by Gasteiger charge is -2.46. The summed E-state index contributed by atoms with van der Waals surface area (Å²) in [5, 5.41) is 0. The molecule has 0 radical (unpaired) electrons. The molecule has 0 N–H and O–H groups in total. The van der Waals surface area contributed by atoms with Gasteiger partial charge < -0.3 is 4.90 Å². The van der Waals surface area contributed by atoms with Gasteiger partial charge in [0.05, 0.1) is 23.4 Å². The fraction of sp³-hybridized carbons (Fsp3) is 0.0263. The highest BCUT2D eigenvalue weighted by atomic mass is 79.9. The molecule has 0 atom stereocenters. The lowest BCUT2D eigenvalue weighted by Crippen LogP contribution is -2.37. The molecule has 6 aromatic rings. The molecule has 194 valence electrons. The number of hydrogen-bond donors (Lipinski definition) is 0. The lowest BCUT2D eigenvalue weighted by atomic mass is 9.62. The van der Waals surface area contributed by atoms with E-state index in [1.807, 2.05) is 24.3 Å². The van der Waals surface area contributed by atoms with Gasteiger partial charge in [-0.25, -0.2) is 4.85 Å². The third kappa shape index (κ3) is 3.99. The number of benzene rings is 6. The maximum Gasteiger partial charge on any atom is 0.194 e. The van der Waals surface area contributed by atoms with E-state index in [1.165, 1.54) is 22.3 Å². The van der Waals surface area contributed by atoms with E-state index in [-0.39, 0.29) is 0 Å². The molecule has 0 aliphatic carbocycles.